The number of hydrogen-bond donors (Lipinski definition) is 2. The number of aryl methyl sites for hydroxylation is 1. The van der Waals surface area contributed by atoms with Gasteiger partial charge in [-0.05, 0) is 40.2 Å². The van der Waals surface area contributed by atoms with Crippen molar-refractivity contribution in [1.82, 2.24) is 15.2 Å². The maximum absolute atomic E-state index is 12.4. The number of nitrogens with one attached hydrogen (secondary N) is 2. The minimum atomic E-state index is -0.399. The third kappa shape index (κ3) is 4.83. The number of esters is 1. The molecule has 140 valence electrons. The van der Waals surface area contributed by atoms with E-state index in [9.17, 15) is 9.59 Å². The highest BCUT2D eigenvalue weighted by Gasteiger charge is 2.24. The summed E-state index contributed by atoms with van der Waals surface area (Å²) in [5, 5.41) is 2.92. The van der Waals surface area contributed by atoms with Crippen LogP contribution in [0, 0.1) is 13.8 Å². The number of carbonyl (C=O) groups is 2. The van der Waals surface area contributed by atoms with Crippen LogP contribution in [-0.4, -0.2) is 66.8 Å². The fourth-order valence-electron chi connectivity index (χ4n) is 3.37. The Kier molecular flexibility index (Phi) is 6.61. The quantitative estimate of drug-likeness (QED) is 0.762. The van der Waals surface area contributed by atoms with Gasteiger partial charge in [0.2, 0.25) is 0 Å². The predicted molar refractivity (Wildman–Crippen MR) is 95.0 cm³/mol. The minimum Gasteiger partial charge on any atom is -0.462 e. The lowest BCUT2D eigenvalue weighted by molar-refractivity contribution is -0.0672. The van der Waals surface area contributed by atoms with Crippen LogP contribution < -0.4 is 5.32 Å². The van der Waals surface area contributed by atoms with E-state index in [-0.39, 0.29) is 18.1 Å². The molecule has 25 heavy (non-hydrogen) atoms. The molecule has 0 unspecified atom stereocenters. The first kappa shape index (κ1) is 19.5. The zero-order chi connectivity index (χ0) is 18.6. The average Bonchev–Trinajstić information content (AvgIpc) is 2.81. The second-order valence-corrected chi connectivity index (χ2v) is 6.62. The van der Waals surface area contributed by atoms with Gasteiger partial charge in [-0.1, -0.05) is 0 Å². The molecule has 7 nitrogen and oxygen atoms in total. The fourth-order valence-corrected chi connectivity index (χ4v) is 3.37. The van der Waals surface area contributed by atoms with Gasteiger partial charge in [-0.3, -0.25) is 9.69 Å². The highest BCUT2D eigenvalue weighted by Crippen LogP contribution is 2.19. The summed E-state index contributed by atoms with van der Waals surface area (Å²) in [6, 6.07) is 0. The summed E-state index contributed by atoms with van der Waals surface area (Å²) in [6.45, 7) is 12.8. The van der Waals surface area contributed by atoms with Gasteiger partial charge in [0.1, 0.15) is 5.69 Å². The zero-order valence-corrected chi connectivity index (χ0v) is 15.8. The van der Waals surface area contributed by atoms with E-state index in [1.165, 1.54) is 0 Å². The molecule has 0 saturated carbocycles. The molecule has 0 aromatic carbocycles. The number of nitrogens with zero attached hydrogens (tertiary/aromatic N) is 1. The summed E-state index contributed by atoms with van der Waals surface area (Å²) < 4.78 is 10.8. The fraction of sp³-hybridized carbons (Fsp3) is 0.667. The molecule has 1 aliphatic rings. The molecule has 1 fully saturated rings. The third-order valence-electron chi connectivity index (χ3n) is 4.35. The molecule has 1 amide bonds. The van der Waals surface area contributed by atoms with Crippen molar-refractivity contribution in [1.29, 1.82) is 0 Å². The van der Waals surface area contributed by atoms with Crippen LogP contribution in [0.1, 0.15) is 52.9 Å². The molecule has 1 saturated heterocycles. The number of rotatable bonds is 6. The molecule has 0 spiro atoms. The number of hydrogen-bond acceptors (Lipinski definition) is 5. The number of carbonyl (C=O) groups excluding carboxylic acids is 2. The lowest BCUT2D eigenvalue weighted by Crippen LogP contribution is -2.47. The van der Waals surface area contributed by atoms with E-state index in [2.05, 4.69) is 29.0 Å². The second-order valence-electron chi connectivity index (χ2n) is 6.62. The van der Waals surface area contributed by atoms with Crippen LogP contribution >= 0.6 is 0 Å². The predicted octanol–water partition coefficient (Wildman–Crippen LogP) is 1.65. The van der Waals surface area contributed by atoms with Gasteiger partial charge >= 0.3 is 5.97 Å². The van der Waals surface area contributed by atoms with E-state index < -0.39 is 5.97 Å². The van der Waals surface area contributed by atoms with E-state index in [1.807, 2.05) is 0 Å². The molecule has 0 bridgehead atoms. The highest BCUT2D eigenvalue weighted by molar-refractivity contribution is 6.00. The van der Waals surface area contributed by atoms with E-state index in [0.717, 1.165) is 19.6 Å². The molecular formula is C18H29N3O4. The topological polar surface area (TPSA) is 83.7 Å². The van der Waals surface area contributed by atoms with Crippen molar-refractivity contribution in [3.8, 4) is 0 Å². The maximum atomic E-state index is 12.4. The van der Waals surface area contributed by atoms with Crippen LogP contribution in [0.4, 0.5) is 0 Å². The maximum Gasteiger partial charge on any atom is 0.340 e. The van der Waals surface area contributed by atoms with Gasteiger partial charge in [-0.2, -0.15) is 0 Å². The average molecular weight is 351 g/mol. The van der Waals surface area contributed by atoms with Gasteiger partial charge in [0.25, 0.3) is 5.91 Å². The Morgan fingerprint density at radius 1 is 1.28 bits per heavy atom. The molecule has 0 aliphatic carbocycles. The summed E-state index contributed by atoms with van der Waals surface area (Å²) in [7, 11) is 0. The summed E-state index contributed by atoms with van der Waals surface area (Å²) in [6.07, 6.45) is 0.416. The first-order valence-corrected chi connectivity index (χ1v) is 8.85. The van der Waals surface area contributed by atoms with Crippen molar-refractivity contribution in [2.24, 2.45) is 0 Å². The molecule has 2 N–H and O–H groups in total. The molecule has 0 radical (unpaired) electrons. The SMILES string of the molecule is CCOC(=O)c1c(C)[nH]c(C(=O)NCCN2C[C@H](C)O[C@@H](C)C2)c1C. The van der Waals surface area contributed by atoms with Crippen LogP contribution in [0.2, 0.25) is 0 Å². The van der Waals surface area contributed by atoms with Crippen molar-refractivity contribution >= 4 is 11.9 Å². The first-order valence-electron chi connectivity index (χ1n) is 8.85. The van der Waals surface area contributed by atoms with E-state index in [4.69, 9.17) is 9.47 Å². The van der Waals surface area contributed by atoms with Gasteiger partial charge in [0.15, 0.2) is 0 Å². The van der Waals surface area contributed by atoms with Crippen molar-refractivity contribution in [2.45, 2.75) is 46.8 Å². The van der Waals surface area contributed by atoms with Crippen LogP contribution in [0.25, 0.3) is 0 Å². The Labute approximate surface area is 149 Å². The number of amides is 1. The van der Waals surface area contributed by atoms with Crippen molar-refractivity contribution < 1.29 is 19.1 Å². The Morgan fingerprint density at radius 3 is 2.52 bits per heavy atom. The third-order valence-corrected chi connectivity index (χ3v) is 4.35. The Morgan fingerprint density at radius 2 is 1.92 bits per heavy atom. The molecule has 2 heterocycles. The lowest BCUT2D eigenvalue weighted by Gasteiger charge is -2.35. The van der Waals surface area contributed by atoms with Crippen LogP contribution in [0.3, 0.4) is 0 Å². The monoisotopic (exact) mass is 351 g/mol. The summed E-state index contributed by atoms with van der Waals surface area (Å²) in [4.78, 5) is 29.8. The number of morpholine rings is 1. The molecule has 7 heteroatoms. The van der Waals surface area contributed by atoms with Crippen molar-refractivity contribution in [3.05, 3.63) is 22.5 Å². The number of ether oxygens (including phenoxy) is 2. The second kappa shape index (κ2) is 8.49. The molecule has 1 aromatic heterocycles. The summed E-state index contributed by atoms with van der Waals surface area (Å²) in [5.74, 6) is -0.602. The van der Waals surface area contributed by atoms with Gasteiger partial charge in [0, 0.05) is 31.9 Å². The van der Waals surface area contributed by atoms with Crippen molar-refractivity contribution in [3.63, 3.8) is 0 Å². The standard InChI is InChI=1S/C18H29N3O4/c1-6-24-18(23)15-13(4)16(20-14(15)5)17(22)19-7-8-21-9-11(2)25-12(3)10-21/h11-12,20H,6-10H2,1-5H3,(H,19,22)/t11-,12-/m0/s1. The molecule has 1 aromatic rings. The lowest BCUT2D eigenvalue weighted by atomic mass is 10.1. The van der Waals surface area contributed by atoms with Crippen LogP contribution in [-0.2, 0) is 9.47 Å². The van der Waals surface area contributed by atoms with Gasteiger partial charge in [0.05, 0.1) is 24.4 Å². The van der Waals surface area contributed by atoms with E-state index in [0.29, 0.717) is 35.7 Å². The largest absolute Gasteiger partial charge is 0.462 e. The Hall–Kier alpha value is -1.86. The number of H-pyrrole nitrogens is 1. The van der Waals surface area contributed by atoms with Gasteiger partial charge in [-0.25, -0.2) is 4.79 Å². The minimum absolute atomic E-state index is 0.203. The number of aromatic amines is 1. The van der Waals surface area contributed by atoms with Gasteiger partial charge < -0.3 is 19.8 Å². The zero-order valence-electron chi connectivity index (χ0n) is 15.8. The first-order chi connectivity index (χ1) is 11.8. The van der Waals surface area contributed by atoms with Crippen molar-refractivity contribution in [2.75, 3.05) is 32.8 Å². The number of aromatic nitrogens is 1. The Balaban J connectivity index is 1.93. The highest BCUT2D eigenvalue weighted by atomic mass is 16.5. The summed E-state index contributed by atoms with van der Waals surface area (Å²) >= 11 is 0. The van der Waals surface area contributed by atoms with E-state index >= 15 is 0 Å². The van der Waals surface area contributed by atoms with Crippen LogP contribution in [0.5, 0.6) is 0 Å². The Bertz CT molecular complexity index is 616. The summed E-state index contributed by atoms with van der Waals surface area (Å²) in [5.41, 5.74) is 2.14. The molecule has 1 aliphatic heterocycles. The van der Waals surface area contributed by atoms with E-state index in [1.54, 1.807) is 20.8 Å². The normalized spacial score (nSPS) is 21.2. The molecule has 2 rings (SSSR count). The molecular weight excluding hydrogens is 322 g/mol. The van der Waals surface area contributed by atoms with Crippen LogP contribution in [0.15, 0.2) is 0 Å². The smallest absolute Gasteiger partial charge is 0.340 e. The van der Waals surface area contributed by atoms with Gasteiger partial charge in [-0.15, -0.1) is 0 Å². The molecule has 2 atom stereocenters.